The van der Waals surface area contributed by atoms with Gasteiger partial charge in [-0.3, -0.25) is 9.59 Å². The Morgan fingerprint density at radius 1 is 1.47 bits per heavy atom. The topological polar surface area (TPSA) is 70.5 Å². The summed E-state index contributed by atoms with van der Waals surface area (Å²) in [5.41, 5.74) is 0.477. The van der Waals surface area contributed by atoms with Gasteiger partial charge in [-0.15, -0.1) is 0 Å². The summed E-state index contributed by atoms with van der Waals surface area (Å²) < 4.78 is 0. The number of likely N-dealkylation sites (tertiary alicyclic amines) is 1. The molecule has 1 aromatic rings. The van der Waals surface area contributed by atoms with E-state index < -0.39 is 5.97 Å². The Morgan fingerprint density at radius 2 is 2.21 bits per heavy atom. The third-order valence-corrected chi connectivity index (χ3v) is 3.68. The molecule has 2 heterocycles. The molecule has 0 aliphatic carbocycles. The highest BCUT2D eigenvalue weighted by molar-refractivity contribution is 6.29. The first kappa shape index (κ1) is 13.8. The van der Waals surface area contributed by atoms with Gasteiger partial charge in [-0.05, 0) is 31.9 Å². The second-order valence-corrected chi connectivity index (χ2v) is 5.16. The van der Waals surface area contributed by atoms with E-state index in [1.54, 1.807) is 17.0 Å². The number of pyridine rings is 1. The molecule has 6 heteroatoms. The van der Waals surface area contributed by atoms with E-state index in [1.165, 1.54) is 6.20 Å². The summed E-state index contributed by atoms with van der Waals surface area (Å²) in [4.78, 5) is 28.8. The summed E-state index contributed by atoms with van der Waals surface area (Å²) in [6, 6.07) is 3.12. The van der Waals surface area contributed by atoms with Crippen LogP contribution in [0.2, 0.25) is 5.15 Å². The van der Waals surface area contributed by atoms with Crippen LogP contribution in [0.25, 0.3) is 0 Å². The zero-order chi connectivity index (χ0) is 14.0. The number of aromatic nitrogens is 1. The van der Waals surface area contributed by atoms with Crippen molar-refractivity contribution in [3.05, 3.63) is 29.0 Å². The van der Waals surface area contributed by atoms with Gasteiger partial charge in [-0.1, -0.05) is 11.6 Å². The van der Waals surface area contributed by atoms with Gasteiger partial charge in [0.2, 0.25) is 0 Å². The molecule has 0 aromatic carbocycles. The summed E-state index contributed by atoms with van der Waals surface area (Å²) in [5, 5.41) is 9.34. The normalized spacial score (nSPS) is 23.2. The molecule has 0 radical (unpaired) electrons. The largest absolute Gasteiger partial charge is 0.481 e. The van der Waals surface area contributed by atoms with Gasteiger partial charge in [0.15, 0.2) is 0 Å². The van der Waals surface area contributed by atoms with E-state index >= 15 is 0 Å². The first-order valence-corrected chi connectivity index (χ1v) is 6.52. The predicted octanol–water partition coefficient (Wildman–Crippen LogP) is 2.06. The maximum atomic E-state index is 12.3. The van der Waals surface area contributed by atoms with Gasteiger partial charge in [0.25, 0.3) is 5.91 Å². The van der Waals surface area contributed by atoms with Crippen LogP contribution in [0.15, 0.2) is 18.3 Å². The molecule has 1 aliphatic heterocycles. The number of rotatable bonds is 2. The van der Waals surface area contributed by atoms with E-state index in [1.807, 2.05) is 6.92 Å². The molecule has 1 aromatic heterocycles. The number of aliphatic carboxylic acids is 1. The number of hydrogen-bond donors (Lipinski definition) is 1. The minimum Gasteiger partial charge on any atom is -0.481 e. The van der Waals surface area contributed by atoms with E-state index in [4.69, 9.17) is 16.7 Å². The van der Waals surface area contributed by atoms with Crippen molar-refractivity contribution in [1.29, 1.82) is 0 Å². The zero-order valence-electron chi connectivity index (χ0n) is 10.5. The number of carbonyl (C=O) groups excluding carboxylic acids is 1. The fourth-order valence-electron chi connectivity index (χ4n) is 2.37. The Labute approximate surface area is 116 Å². The molecule has 0 spiro atoms. The standard InChI is InChI=1S/C13H15ClN2O3/c1-8-6-9(13(18)19)4-5-16(8)12(17)10-2-3-11(14)15-7-10/h2-3,7-9H,4-6H2,1H3,(H,18,19). The first-order valence-electron chi connectivity index (χ1n) is 6.14. The van der Waals surface area contributed by atoms with Gasteiger partial charge in [-0.25, -0.2) is 4.98 Å². The quantitative estimate of drug-likeness (QED) is 0.843. The molecule has 1 saturated heterocycles. The van der Waals surface area contributed by atoms with Crippen molar-refractivity contribution in [2.45, 2.75) is 25.8 Å². The van der Waals surface area contributed by atoms with Crippen LogP contribution in [-0.2, 0) is 4.79 Å². The maximum absolute atomic E-state index is 12.3. The van der Waals surface area contributed by atoms with Crippen LogP contribution in [0.4, 0.5) is 0 Å². The molecule has 1 N–H and O–H groups in total. The van der Waals surface area contributed by atoms with Crippen LogP contribution >= 0.6 is 11.6 Å². The average Bonchev–Trinajstić information content (AvgIpc) is 2.38. The Morgan fingerprint density at radius 3 is 2.74 bits per heavy atom. The van der Waals surface area contributed by atoms with Crippen molar-refractivity contribution in [2.24, 2.45) is 5.92 Å². The molecule has 0 saturated carbocycles. The van der Waals surface area contributed by atoms with Crippen LogP contribution in [-0.4, -0.2) is 39.5 Å². The fourth-order valence-corrected chi connectivity index (χ4v) is 2.48. The summed E-state index contributed by atoms with van der Waals surface area (Å²) in [6.07, 6.45) is 2.43. The van der Waals surface area contributed by atoms with Crippen LogP contribution in [0.1, 0.15) is 30.1 Å². The predicted molar refractivity (Wildman–Crippen MR) is 70.1 cm³/mol. The summed E-state index contributed by atoms with van der Waals surface area (Å²) in [6.45, 7) is 2.33. The number of halogens is 1. The molecule has 1 aliphatic rings. The molecular weight excluding hydrogens is 268 g/mol. The molecule has 2 atom stereocenters. The van der Waals surface area contributed by atoms with Crippen LogP contribution in [0, 0.1) is 5.92 Å². The number of carboxylic acids is 1. The summed E-state index contributed by atoms with van der Waals surface area (Å²) >= 11 is 5.68. The van der Waals surface area contributed by atoms with Crippen LogP contribution < -0.4 is 0 Å². The Kier molecular flexibility index (Phi) is 4.04. The lowest BCUT2D eigenvalue weighted by atomic mass is 9.91. The molecule has 1 fully saturated rings. The molecule has 102 valence electrons. The van der Waals surface area contributed by atoms with Crippen molar-refractivity contribution >= 4 is 23.5 Å². The number of hydrogen-bond acceptors (Lipinski definition) is 3. The van der Waals surface area contributed by atoms with Gasteiger partial charge in [0.05, 0.1) is 11.5 Å². The lowest BCUT2D eigenvalue weighted by Crippen LogP contribution is -2.46. The second-order valence-electron chi connectivity index (χ2n) is 4.78. The van der Waals surface area contributed by atoms with Gasteiger partial charge in [-0.2, -0.15) is 0 Å². The van der Waals surface area contributed by atoms with Crippen molar-refractivity contribution in [3.63, 3.8) is 0 Å². The van der Waals surface area contributed by atoms with E-state index in [0.29, 0.717) is 30.1 Å². The van der Waals surface area contributed by atoms with E-state index in [2.05, 4.69) is 4.98 Å². The van der Waals surface area contributed by atoms with E-state index in [-0.39, 0.29) is 17.9 Å². The Bertz CT molecular complexity index is 489. The lowest BCUT2D eigenvalue weighted by molar-refractivity contribution is -0.143. The molecule has 2 unspecified atom stereocenters. The number of carbonyl (C=O) groups is 2. The van der Waals surface area contributed by atoms with Gasteiger partial charge < -0.3 is 10.0 Å². The molecule has 1 amide bonds. The number of nitrogens with zero attached hydrogens (tertiary/aromatic N) is 2. The minimum absolute atomic E-state index is 0.0852. The van der Waals surface area contributed by atoms with Crippen LogP contribution in [0.3, 0.4) is 0 Å². The monoisotopic (exact) mass is 282 g/mol. The highest BCUT2D eigenvalue weighted by atomic mass is 35.5. The highest BCUT2D eigenvalue weighted by Gasteiger charge is 2.32. The third kappa shape index (κ3) is 3.04. The Balaban J connectivity index is 2.08. The molecule has 5 nitrogen and oxygen atoms in total. The number of amides is 1. The van der Waals surface area contributed by atoms with Gasteiger partial charge in [0.1, 0.15) is 5.15 Å². The van der Waals surface area contributed by atoms with Crippen molar-refractivity contribution in [2.75, 3.05) is 6.54 Å². The highest BCUT2D eigenvalue weighted by Crippen LogP contribution is 2.24. The molecule has 2 rings (SSSR count). The lowest BCUT2D eigenvalue weighted by Gasteiger charge is -2.36. The minimum atomic E-state index is -0.785. The number of piperidine rings is 1. The van der Waals surface area contributed by atoms with Crippen molar-refractivity contribution in [1.82, 2.24) is 9.88 Å². The van der Waals surface area contributed by atoms with Gasteiger partial charge >= 0.3 is 5.97 Å². The molecular formula is C13H15ClN2O3. The van der Waals surface area contributed by atoms with E-state index in [9.17, 15) is 9.59 Å². The second kappa shape index (κ2) is 5.57. The molecule has 0 bridgehead atoms. The SMILES string of the molecule is CC1CC(C(=O)O)CCN1C(=O)c1ccc(Cl)nc1. The first-order chi connectivity index (χ1) is 8.99. The molecule has 19 heavy (non-hydrogen) atoms. The summed E-state index contributed by atoms with van der Waals surface area (Å²) in [7, 11) is 0. The van der Waals surface area contributed by atoms with Gasteiger partial charge in [0, 0.05) is 18.8 Å². The Hall–Kier alpha value is -1.62. The maximum Gasteiger partial charge on any atom is 0.306 e. The summed E-state index contributed by atoms with van der Waals surface area (Å²) in [5.74, 6) is -1.27. The van der Waals surface area contributed by atoms with E-state index in [0.717, 1.165) is 0 Å². The average molecular weight is 283 g/mol. The zero-order valence-corrected chi connectivity index (χ0v) is 11.3. The smallest absolute Gasteiger partial charge is 0.306 e. The number of carboxylic acid groups (broad SMARTS) is 1. The third-order valence-electron chi connectivity index (χ3n) is 3.46. The van der Waals surface area contributed by atoms with Crippen LogP contribution in [0.5, 0.6) is 0 Å². The van der Waals surface area contributed by atoms with Crippen molar-refractivity contribution in [3.8, 4) is 0 Å². The fraction of sp³-hybridized carbons (Fsp3) is 0.462. The van der Waals surface area contributed by atoms with Crippen molar-refractivity contribution < 1.29 is 14.7 Å².